The van der Waals surface area contributed by atoms with Crippen LogP contribution in [0.5, 0.6) is 11.5 Å². The molecule has 0 saturated heterocycles. The van der Waals surface area contributed by atoms with Crippen molar-refractivity contribution in [3.63, 3.8) is 0 Å². The van der Waals surface area contributed by atoms with Crippen LogP contribution in [0.3, 0.4) is 0 Å². The summed E-state index contributed by atoms with van der Waals surface area (Å²) in [4.78, 5) is 6.69. The summed E-state index contributed by atoms with van der Waals surface area (Å²) >= 11 is 0. The average Bonchev–Trinajstić information content (AvgIpc) is 3.28. The van der Waals surface area contributed by atoms with E-state index in [0.717, 1.165) is 24.5 Å². The largest absolute Gasteiger partial charge is 0.497 e. The van der Waals surface area contributed by atoms with E-state index in [0.29, 0.717) is 18.3 Å². The minimum Gasteiger partial charge on any atom is -0.497 e. The van der Waals surface area contributed by atoms with Crippen LogP contribution in [0.25, 0.3) is 0 Å². The van der Waals surface area contributed by atoms with E-state index in [1.807, 2.05) is 24.3 Å². The van der Waals surface area contributed by atoms with E-state index >= 15 is 0 Å². The molecule has 1 aromatic heterocycles. The fraction of sp³-hybridized carbons (Fsp3) is 0.263. The van der Waals surface area contributed by atoms with Crippen molar-refractivity contribution in [1.29, 1.82) is 0 Å². The summed E-state index contributed by atoms with van der Waals surface area (Å²) < 4.78 is 16.2. The number of anilines is 1. The molecule has 3 aromatic rings. The first-order chi connectivity index (χ1) is 12.3. The number of para-hydroxylation sites is 1. The fourth-order valence-corrected chi connectivity index (χ4v) is 2.97. The smallest absolute Gasteiger partial charge is 0.246 e. The van der Waals surface area contributed by atoms with Gasteiger partial charge in [-0.25, -0.2) is 0 Å². The van der Waals surface area contributed by atoms with E-state index in [2.05, 4.69) is 39.3 Å². The number of rotatable bonds is 6. The standard InChI is InChI=1S/C19H19N3O3/c1-23-15-6-8-16(9-7-15)24-13-18-20-19(25-21-18)12-22-11-10-14-4-2-3-5-17(14)22/h2-9H,10-13H2,1H3. The van der Waals surface area contributed by atoms with E-state index in [1.165, 1.54) is 11.3 Å². The molecule has 0 atom stereocenters. The molecule has 4 rings (SSSR count). The van der Waals surface area contributed by atoms with Gasteiger partial charge in [-0.05, 0) is 42.3 Å². The van der Waals surface area contributed by atoms with Crippen molar-refractivity contribution in [3.8, 4) is 11.5 Å². The lowest BCUT2D eigenvalue weighted by Gasteiger charge is -2.16. The van der Waals surface area contributed by atoms with Gasteiger partial charge in [-0.3, -0.25) is 0 Å². The van der Waals surface area contributed by atoms with Crippen LogP contribution in [0, 0.1) is 0 Å². The first kappa shape index (κ1) is 15.5. The van der Waals surface area contributed by atoms with Gasteiger partial charge in [0.2, 0.25) is 11.7 Å². The van der Waals surface area contributed by atoms with Gasteiger partial charge >= 0.3 is 0 Å². The highest BCUT2D eigenvalue weighted by Crippen LogP contribution is 2.28. The van der Waals surface area contributed by atoms with Crippen LogP contribution >= 0.6 is 0 Å². The van der Waals surface area contributed by atoms with Gasteiger partial charge in [0, 0.05) is 12.2 Å². The van der Waals surface area contributed by atoms with Crippen LogP contribution in [-0.2, 0) is 19.6 Å². The molecule has 1 aliphatic rings. The maximum atomic E-state index is 5.68. The molecular formula is C19H19N3O3. The Balaban J connectivity index is 1.36. The summed E-state index contributed by atoms with van der Waals surface area (Å²) in [6.45, 7) is 1.86. The summed E-state index contributed by atoms with van der Waals surface area (Å²) in [5, 5.41) is 4.00. The molecule has 2 aromatic carbocycles. The van der Waals surface area contributed by atoms with Crippen LogP contribution in [-0.4, -0.2) is 23.8 Å². The summed E-state index contributed by atoms with van der Waals surface area (Å²) in [6, 6.07) is 15.8. The predicted molar refractivity (Wildman–Crippen MR) is 92.8 cm³/mol. The Morgan fingerprint density at radius 2 is 1.88 bits per heavy atom. The predicted octanol–water partition coefficient (Wildman–Crippen LogP) is 3.22. The molecular weight excluding hydrogens is 318 g/mol. The molecule has 0 spiro atoms. The average molecular weight is 337 g/mol. The molecule has 0 bridgehead atoms. The molecule has 128 valence electrons. The maximum Gasteiger partial charge on any atom is 0.246 e. The van der Waals surface area contributed by atoms with Crippen LogP contribution in [0.4, 0.5) is 5.69 Å². The van der Waals surface area contributed by atoms with Gasteiger partial charge in [-0.15, -0.1) is 0 Å². The second-order valence-electron chi connectivity index (χ2n) is 5.87. The molecule has 1 aliphatic heterocycles. The Labute approximate surface area is 146 Å². The zero-order valence-electron chi connectivity index (χ0n) is 14.0. The lowest BCUT2D eigenvalue weighted by Crippen LogP contribution is -2.19. The molecule has 6 heteroatoms. The summed E-state index contributed by atoms with van der Waals surface area (Å²) in [5.74, 6) is 2.67. The highest BCUT2D eigenvalue weighted by atomic mass is 16.5. The number of ether oxygens (including phenoxy) is 2. The first-order valence-corrected chi connectivity index (χ1v) is 8.23. The Morgan fingerprint density at radius 1 is 1.08 bits per heavy atom. The molecule has 0 saturated carbocycles. The number of hydrogen-bond acceptors (Lipinski definition) is 6. The molecule has 25 heavy (non-hydrogen) atoms. The molecule has 0 unspecified atom stereocenters. The van der Waals surface area contributed by atoms with Gasteiger partial charge in [-0.1, -0.05) is 23.4 Å². The quantitative estimate of drug-likeness (QED) is 0.688. The van der Waals surface area contributed by atoms with Gasteiger partial charge in [0.1, 0.15) is 11.5 Å². The molecule has 0 amide bonds. The number of hydrogen-bond donors (Lipinski definition) is 0. The second kappa shape index (κ2) is 6.84. The van der Waals surface area contributed by atoms with E-state index in [1.54, 1.807) is 7.11 Å². The lowest BCUT2D eigenvalue weighted by molar-refractivity contribution is 0.284. The maximum absolute atomic E-state index is 5.68. The van der Waals surface area contributed by atoms with E-state index in [-0.39, 0.29) is 6.61 Å². The van der Waals surface area contributed by atoms with Crippen LogP contribution in [0.2, 0.25) is 0 Å². The Kier molecular flexibility index (Phi) is 4.24. The topological polar surface area (TPSA) is 60.6 Å². The molecule has 0 aliphatic carbocycles. The summed E-state index contributed by atoms with van der Waals surface area (Å²) in [7, 11) is 1.63. The van der Waals surface area contributed by atoms with Gasteiger partial charge < -0.3 is 18.9 Å². The number of aromatic nitrogens is 2. The highest BCUT2D eigenvalue weighted by molar-refractivity contribution is 5.57. The van der Waals surface area contributed by atoms with Crippen molar-refractivity contribution in [2.75, 3.05) is 18.6 Å². The summed E-state index contributed by atoms with van der Waals surface area (Å²) in [5.41, 5.74) is 2.61. The monoisotopic (exact) mass is 337 g/mol. The van der Waals surface area contributed by atoms with Gasteiger partial charge in [0.05, 0.1) is 13.7 Å². The molecule has 0 radical (unpaired) electrons. The molecule has 0 N–H and O–H groups in total. The Hall–Kier alpha value is -3.02. The summed E-state index contributed by atoms with van der Waals surface area (Å²) in [6.07, 6.45) is 1.05. The number of benzene rings is 2. The van der Waals surface area contributed by atoms with E-state index in [4.69, 9.17) is 14.0 Å². The van der Waals surface area contributed by atoms with E-state index < -0.39 is 0 Å². The van der Waals surface area contributed by atoms with Crippen molar-refractivity contribution in [3.05, 3.63) is 65.8 Å². The normalized spacial score (nSPS) is 12.9. The fourth-order valence-electron chi connectivity index (χ4n) is 2.97. The third kappa shape index (κ3) is 3.42. The van der Waals surface area contributed by atoms with Gasteiger partial charge in [0.25, 0.3) is 0 Å². The van der Waals surface area contributed by atoms with Crippen LogP contribution in [0.1, 0.15) is 17.3 Å². The van der Waals surface area contributed by atoms with Crippen molar-refractivity contribution < 1.29 is 14.0 Å². The van der Waals surface area contributed by atoms with Crippen LogP contribution < -0.4 is 14.4 Å². The number of fused-ring (bicyclic) bond motifs is 1. The second-order valence-corrected chi connectivity index (χ2v) is 5.87. The van der Waals surface area contributed by atoms with Gasteiger partial charge in [-0.2, -0.15) is 4.98 Å². The Morgan fingerprint density at radius 3 is 2.72 bits per heavy atom. The lowest BCUT2D eigenvalue weighted by atomic mass is 10.2. The van der Waals surface area contributed by atoms with Crippen molar-refractivity contribution in [2.45, 2.75) is 19.6 Å². The zero-order valence-corrected chi connectivity index (χ0v) is 14.0. The number of methoxy groups -OCH3 is 1. The Bertz CT molecular complexity index is 845. The highest BCUT2D eigenvalue weighted by Gasteiger charge is 2.20. The third-order valence-corrected chi connectivity index (χ3v) is 4.25. The van der Waals surface area contributed by atoms with Crippen molar-refractivity contribution in [2.24, 2.45) is 0 Å². The van der Waals surface area contributed by atoms with E-state index in [9.17, 15) is 0 Å². The molecule has 6 nitrogen and oxygen atoms in total. The minimum absolute atomic E-state index is 0.270. The minimum atomic E-state index is 0.270. The number of nitrogens with zero attached hydrogens (tertiary/aromatic N) is 3. The van der Waals surface area contributed by atoms with Gasteiger partial charge in [0.15, 0.2) is 6.61 Å². The zero-order chi connectivity index (χ0) is 17.1. The van der Waals surface area contributed by atoms with Crippen molar-refractivity contribution in [1.82, 2.24) is 10.1 Å². The first-order valence-electron chi connectivity index (χ1n) is 8.23. The molecule has 0 fully saturated rings. The third-order valence-electron chi connectivity index (χ3n) is 4.25. The SMILES string of the molecule is COc1ccc(OCc2noc(CN3CCc4ccccc43)n2)cc1. The van der Waals surface area contributed by atoms with Crippen molar-refractivity contribution >= 4 is 5.69 Å². The molecule has 2 heterocycles. The van der Waals surface area contributed by atoms with Crippen LogP contribution in [0.15, 0.2) is 53.1 Å².